The summed E-state index contributed by atoms with van der Waals surface area (Å²) >= 11 is 1.86. The second kappa shape index (κ2) is 11.1. The maximum Gasteiger partial charge on any atom is 0.150 e. The van der Waals surface area contributed by atoms with Gasteiger partial charge in [0, 0.05) is 10.5 Å². The fourth-order valence-electron chi connectivity index (χ4n) is 2.10. The number of hydrogen-bond donors (Lipinski definition) is 0. The summed E-state index contributed by atoms with van der Waals surface area (Å²) in [5, 5.41) is 0. The van der Waals surface area contributed by atoms with Gasteiger partial charge in [0.2, 0.25) is 0 Å². The van der Waals surface area contributed by atoms with E-state index < -0.39 is 0 Å². The van der Waals surface area contributed by atoms with Crippen molar-refractivity contribution in [2.75, 3.05) is 5.75 Å². The normalized spacial score (nSPS) is 10.6. The fraction of sp³-hybridized carbons (Fsp3) is 0.588. The van der Waals surface area contributed by atoms with Crippen LogP contribution >= 0.6 is 11.8 Å². The third-order valence-electron chi connectivity index (χ3n) is 3.26. The summed E-state index contributed by atoms with van der Waals surface area (Å²) in [6.07, 6.45) is 11.8. The summed E-state index contributed by atoms with van der Waals surface area (Å²) < 4.78 is 0. The molecule has 0 radical (unpaired) electrons. The van der Waals surface area contributed by atoms with Crippen molar-refractivity contribution in [3.05, 3.63) is 29.8 Å². The average Bonchev–Trinajstić information content (AvgIpc) is 2.46. The van der Waals surface area contributed by atoms with Gasteiger partial charge in [0.1, 0.15) is 6.29 Å². The van der Waals surface area contributed by atoms with Gasteiger partial charge in [-0.2, -0.15) is 0 Å². The van der Waals surface area contributed by atoms with Gasteiger partial charge in [-0.15, -0.1) is 11.8 Å². The number of hydrogen-bond acceptors (Lipinski definition) is 2. The first-order valence-corrected chi connectivity index (χ1v) is 8.53. The van der Waals surface area contributed by atoms with E-state index in [-0.39, 0.29) is 0 Å². The Balaban J connectivity index is 1.99. The van der Waals surface area contributed by atoms with Crippen molar-refractivity contribution < 1.29 is 4.79 Å². The maximum absolute atomic E-state index is 10.7. The van der Waals surface area contributed by atoms with E-state index in [0.29, 0.717) is 0 Å². The van der Waals surface area contributed by atoms with Gasteiger partial charge < -0.3 is 0 Å². The molecule has 2 heteroatoms. The Morgan fingerprint density at radius 3 is 2.37 bits per heavy atom. The summed E-state index contributed by atoms with van der Waals surface area (Å²) in [6.45, 7) is 2.26. The largest absolute Gasteiger partial charge is 0.298 e. The van der Waals surface area contributed by atoms with Crippen LogP contribution in [0.25, 0.3) is 0 Å². The number of aldehydes is 1. The van der Waals surface area contributed by atoms with Crippen molar-refractivity contribution in [3.63, 3.8) is 0 Å². The standard InChI is InChI=1S/C17H26OS/c1-2-3-4-5-6-7-8-9-13-19-17-12-10-11-16(14-17)15-18/h10-12,14-15H,2-9,13H2,1H3. The van der Waals surface area contributed by atoms with Gasteiger partial charge in [-0.05, 0) is 24.3 Å². The molecule has 0 heterocycles. The molecule has 0 N–H and O–H groups in total. The number of thioether (sulfide) groups is 1. The zero-order valence-corrected chi connectivity index (χ0v) is 12.9. The predicted molar refractivity (Wildman–Crippen MR) is 85.2 cm³/mol. The highest BCUT2D eigenvalue weighted by Crippen LogP contribution is 2.20. The van der Waals surface area contributed by atoms with Crippen molar-refractivity contribution in [1.29, 1.82) is 0 Å². The van der Waals surface area contributed by atoms with E-state index in [0.717, 1.165) is 17.6 Å². The predicted octanol–water partition coefficient (Wildman–Crippen LogP) is 5.73. The smallest absolute Gasteiger partial charge is 0.150 e. The van der Waals surface area contributed by atoms with Crippen molar-refractivity contribution in [1.82, 2.24) is 0 Å². The monoisotopic (exact) mass is 278 g/mol. The zero-order valence-electron chi connectivity index (χ0n) is 12.1. The first-order valence-electron chi connectivity index (χ1n) is 7.55. The fourth-order valence-corrected chi connectivity index (χ4v) is 3.08. The van der Waals surface area contributed by atoms with E-state index in [1.807, 2.05) is 30.0 Å². The van der Waals surface area contributed by atoms with E-state index >= 15 is 0 Å². The molecule has 0 spiro atoms. The summed E-state index contributed by atoms with van der Waals surface area (Å²) in [6, 6.07) is 7.87. The second-order valence-corrected chi connectivity index (χ2v) is 6.18. The van der Waals surface area contributed by atoms with Gasteiger partial charge in [-0.25, -0.2) is 0 Å². The zero-order chi connectivity index (χ0) is 13.8. The van der Waals surface area contributed by atoms with Crippen LogP contribution in [-0.4, -0.2) is 12.0 Å². The van der Waals surface area contributed by atoms with E-state index in [1.165, 1.54) is 56.3 Å². The lowest BCUT2D eigenvalue weighted by atomic mass is 10.1. The SMILES string of the molecule is CCCCCCCCCCSc1cccc(C=O)c1. The second-order valence-electron chi connectivity index (χ2n) is 5.01. The van der Waals surface area contributed by atoms with Crippen LogP contribution in [0.4, 0.5) is 0 Å². The van der Waals surface area contributed by atoms with Gasteiger partial charge in [0.25, 0.3) is 0 Å². The minimum atomic E-state index is 0.779. The molecule has 0 saturated carbocycles. The van der Waals surface area contributed by atoms with Crippen LogP contribution in [0, 0.1) is 0 Å². The van der Waals surface area contributed by atoms with Gasteiger partial charge in [-0.3, -0.25) is 4.79 Å². The average molecular weight is 278 g/mol. The van der Waals surface area contributed by atoms with Crippen LogP contribution in [0.3, 0.4) is 0 Å². The maximum atomic E-state index is 10.7. The van der Waals surface area contributed by atoms with Crippen LogP contribution in [0.5, 0.6) is 0 Å². The molecular weight excluding hydrogens is 252 g/mol. The number of benzene rings is 1. The Bertz CT molecular complexity index is 349. The molecule has 0 fully saturated rings. The molecule has 1 rings (SSSR count). The van der Waals surface area contributed by atoms with Crippen LogP contribution in [0.2, 0.25) is 0 Å². The van der Waals surface area contributed by atoms with Crippen molar-refractivity contribution in [2.45, 2.75) is 63.2 Å². The number of carbonyl (C=O) groups excluding carboxylic acids is 1. The first-order chi connectivity index (χ1) is 9.36. The summed E-state index contributed by atoms with van der Waals surface area (Å²) in [7, 11) is 0. The van der Waals surface area contributed by atoms with E-state index in [2.05, 4.69) is 13.0 Å². The van der Waals surface area contributed by atoms with Crippen LogP contribution in [-0.2, 0) is 0 Å². The van der Waals surface area contributed by atoms with Crippen LogP contribution in [0.15, 0.2) is 29.2 Å². The number of unbranched alkanes of at least 4 members (excludes halogenated alkanes) is 7. The minimum Gasteiger partial charge on any atom is -0.298 e. The highest BCUT2D eigenvalue weighted by molar-refractivity contribution is 7.99. The van der Waals surface area contributed by atoms with E-state index in [9.17, 15) is 4.79 Å². The molecule has 106 valence electrons. The molecule has 19 heavy (non-hydrogen) atoms. The molecule has 0 amide bonds. The Hall–Kier alpha value is -0.760. The summed E-state index contributed by atoms with van der Waals surface area (Å²) in [5.74, 6) is 1.16. The lowest BCUT2D eigenvalue weighted by molar-refractivity contribution is 0.112. The topological polar surface area (TPSA) is 17.1 Å². The number of rotatable bonds is 11. The van der Waals surface area contributed by atoms with Crippen molar-refractivity contribution in [3.8, 4) is 0 Å². The Morgan fingerprint density at radius 2 is 1.68 bits per heavy atom. The molecule has 0 atom stereocenters. The third kappa shape index (κ3) is 8.10. The quantitative estimate of drug-likeness (QED) is 0.292. The molecule has 1 aromatic rings. The van der Waals surface area contributed by atoms with E-state index in [4.69, 9.17) is 0 Å². The lowest BCUT2D eigenvalue weighted by Crippen LogP contribution is -1.84. The van der Waals surface area contributed by atoms with E-state index in [1.54, 1.807) is 0 Å². The molecule has 1 aromatic carbocycles. The molecule has 0 aliphatic carbocycles. The van der Waals surface area contributed by atoms with Gasteiger partial charge in [0.15, 0.2) is 0 Å². The Labute approximate surface area is 122 Å². The highest BCUT2D eigenvalue weighted by atomic mass is 32.2. The lowest BCUT2D eigenvalue weighted by Gasteiger charge is -2.03. The summed E-state index contributed by atoms with van der Waals surface area (Å²) in [5.41, 5.74) is 0.779. The molecule has 1 nitrogen and oxygen atoms in total. The molecular formula is C17H26OS. The molecule has 0 saturated heterocycles. The van der Waals surface area contributed by atoms with Gasteiger partial charge in [0.05, 0.1) is 0 Å². The third-order valence-corrected chi connectivity index (χ3v) is 4.34. The Kier molecular flexibility index (Phi) is 9.52. The van der Waals surface area contributed by atoms with Crippen molar-refractivity contribution >= 4 is 18.0 Å². The summed E-state index contributed by atoms with van der Waals surface area (Å²) in [4.78, 5) is 11.9. The number of carbonyl (C=O) groups is 1. The van der Waals surface area contributed by atoms with Gasteiger partial charge in [-0.1, -0.05) is 64.0 Å². The highest BCUT2D eigenvalue weighted by Gasteiger charge is 1.96. The molecule has 0 aliphatic rings. The van der Waals surface area contributed by atoms with Crippen LogP contribution in [0.1, 0.15) is 68.6 Å². The van der Waals surface area contributed by atoms with Gasteiger partial charge >= 0.3 is 0 Å². The molecule has 0 aliphatic heterocycles. The van der Waals surface area contributed by atoms with Crippen LogP contribution < -0.4 is 0 Å². The molecule has 0 bridgehead atoms. The van der Waals surface area contributed by atoms with Crippen molar-refractivity contribution in [2.24, 2.45) is 0 Å². The first kappa shape index (κ1) is 16.3. The molecule has 0 unspecified atom stereocenters. The molecule has 0 aromatic heterocycles. The Morgan fingerprint density at radius 1 is 1.00 bits per heavy atom. The minimum absolute atomic E-state index is 0.779.